The van der Waals surface area contributed by atoms with E-state index in [9.17, 15) is 24.8 Å². The third kappa shape index (κ3) is 7.99. The van der Waals surface area contributed by atoms with E-state index >= 15 is 0 Å². The minimum atomic E-state index is -1.22. The zero-order valence-electron chi connectivity index (χ0n) is 17.9. The number of rotatable bonds is 11. The van der Waals surface area contributed by atoms with Gasteiger partial charge in [0.1, 0.15) is 12.1 Å². The number of guanidine groups is 1. The molecule has 10 heteroatoms. The van der Waals surface area contributed by atoms with Gasteiger partial charge in [-0.15, -0.1) is 0 Å². The molecule has 172 valence electrons. The molecule has 2 atom stereocenters. The number of hydrogen-bond acceptors (Lipinski definition) is 5. The average molecular weight is 450 g/mol. The Labute approximate surface area is 191 Å². The highest BCUT2D eigenvalue weighted by Crippen LogP contribution is 2.12. The van der Waals surface area contributed by atoms with Crippen molar-refractivity contribution in [1.29, 1.82) is 5.26 Å². The molecule has 0 aliphatic carbocycles. The van der Waals surface area contributed by atoms with Crippen LogP contribution in [0.3, 0.4) is 0 Å². The largest absolute Gasteiger partial charge is 0.480 e. The lowest BCUT2D eigenvalue weighted by atomic mass is 9.99. The molecule has 2 rings (SSSR count). The van der Waals surface area contributed by atoms with E-state index < -0.39 is 29.9 Å². The number of amides is 2. The van der Waals surface area contributed by atoms with Crippen molar-refractivity contribution in [3.05, 3.63) is 71.3 Å². The van der Waals surface area contributed by atoms with E-state index in [2.05, 4.69) is 21.7 Å². The summed E-state index contributed by atoms with van der Waals surface area (Å²) in [5, 5.41) is 24.0. The van der Waals surface area contributed by atoms with Crippen LogP contribution < -0.4 is 22.1 Å². The van der Waals surface area contributed by atoms with Gasteiger partial charge in [0, 0.05) is 18.5 Å². The van der Waals surface area contributed by atoms with Crippen LogP contribution in [-0.4, -0.2) is 47.5 Å². The van der Waals surface area contributed by atoms with Gasteiger partial charge in [-0.1, -0.05) is 36.4 Å². The molecule has 10 nitrogen and oxygen atoms in total. The van der Waals surface area contributed by atoms with Gasteiger partial charge in [-0.05, 0) is 36.6 Å². The molecule has 0 heterocycles. The van der Waals surface area contributed by atoms with Gasteiger partial charge >= 0.3 is 5.97 Å². The summed E-state index contributed by atoms with van der Waals surface area (Å²) in [6, 6.07) is 14.8. The number of nitrogens with two attached hydrogens (primary N) is 2. The van der Waals surface area contributed by atoms with Crippen LogP contribution >= 0.6 is 0 Å². The maximum absolute atomic E-state index is 13.0. The number of hydrogen-bond donors (Lipinski definition) is 5. The molecular weight excluding hydrogens is 424 g/mol. The summed E-state index contributed by atoms with van der Waals surface area (Å²) in [6.07, 6.45) is 0.425. The van der Waals surface area contributed by atoms with Gasteiger partial charge < -0.3 is 27.2 Å². The monoisotopic (exact) mass is 450 g/mol. The highest BCUT2D eigenvalue weighted by Gasteiger charge is 2.27. The van der Waals surface area contributed by atoms with Crippen LogP contribution in [0.4, 0.5) is 0 Å². The van der Waals surface area contributed by atoms with E-state index in [0.717, 1.165) is 0 Å². The normalized spacial score (nSPS) is 12.0. The van der Waals surface area contributed by atoms with Crippen LogP contribution in [0, 0.1) is 11.3 Å². The number of carboxylic acids is 1. The van der Waals surface area contributed by atoms with E-state index in [0.29, 0.717) is 23.1 Å². The smallest absolute Gasteiger partial charge is 0.326 e. The van der Waals surface area contributed by atoms with E-state index in [1.54, 1.807) is 54.6 Å². The van der Waals surface area contributed by atoms with Gasteiger partial charge in [0.05, 0.1) is 11.6 Å². The third-order valence-corrected chi connectivity index (χ3v) is 4.78. The first-order valence-corrected chi connectivity index (χ1v) is 10.2. The molecule has 2 aromatic rings. The first kappa shape index (κ1) is 24.9. The maximum atomic E-state index is 13.0. The van der Waals surface area contributed by atoms with E-state index in [-0.39, 0.29) is 25.3 Å². The molecule has 0 aliphatic heterocycles. The predicted molar refractivity (Wildman–Crippen MR) is 122 cm³/mol. The highest BCUT2D eigenvalue weighted by atomic mass is 16.4. The van der Waals surface area contributed by atoms with E-state index in [4.69, 9.17) is 11.5 Å². The summed E-state index contributed by atoms with van der Waals surface area (Å²) >= 11 is 0. The van der Waals surface area contributed by atoms with Gasteiger partial charge in [0.25, 0.3) is 5.91 Å². The van der Waals surface area contributed by atoms with Crippen LogP contribution in [0.25, 0.3) is 0 Å². The Balaban J connectivity index is 2.20. The number of aliphatic imine (C=N–C) groups is 1. The fraction of sp³-hybridized carbons (Fsp3) is 0.261. The fourth-order valence-electron chi connectivity index (χ4n) is 3.10. The van der Waals surface area contributed by atoms with Crippen molar-refractivity contribution in [3.8, 4) is 6.07 Å². The lowest BCUT2D eigenvalue weighted by molar-refractivity contribution is -0.142. The zero-order chi connectivity index (χ0) is 24.2. The van der Waals surface area contributed by atoms with Crippen LogP contribution in [0.2, 0.25) is 0 Å². The van der Waals surface area contributed by atoms with Gasteiger partial charge in [-0.3, -0.25) is 14.6 Å². The van der Waals surface area contributed by atoms with Crippen LogP contribution in [-0.2, 0) is 16.0 Å². The van der Waals surface area contributed by atoms with Gasteiger partial charge in [-0.25, -0.2) is 4.79 Å². The quantitative estimate of drug-likeness (QED) is 0.188. The topological polar surface area (TPSA) is 184 Å². The molecular formula is C23H26N6O4. The molecule has 2 amide bonds. The Hall–Kier alpha value is -4.39. The van der Waals surface area contributed by atoms with E-state index in [1.807, 2.05) is 0 Å². The first-order chi connectivity index (χ1) is 15.8. The van der Waals surface area contributed by atoms with Crippen molar-refractivity contribution in [3.63, 3.8) is 0 Å². The molecule has 2 aromatic carbocycles. The third-order valence-electron chi connectivity index (χ3n) is 4.78. The molecule has 0 spiro atoms. The van der Waals surface area contributed by atoms with Crippen molar-refractivity contribution < 1.29 is 19.5 Å². The Morgan fingerprint density at radius 3 is 2.30 bits per heavy atom. The van der Waals surface area contributed by atoms with E-state index in [1.165, 1.54) is 0 Å². The lowest BCUT2D eigenvalue weighted by Gasteiger charge is -2.22. The maximum Gasteiger partial charge on any atom is 0.326 e. The number of aliphatic carboxylic acids is 1. The standard InChI is InChI=1S/C23H26N6O4/c24-14-17-10-5-4-9-16(17)13-19(29-20(30)15-7-2-1-3-8-15)21(31)28-18(22(32)33)11-6-12-27-23(25)26/h1-5,7-10,18-19H,6,11-13H2,(H,28,31)(H,29,30)(H,32,33)(H4,25,26,27)/t18-,19-/m0/s1. The Morgan fingerprint density at radius 2 is 1.67 bits per heavy atom. The number of carbonyl (C=O) groups excluding carboxylic acids is 2. The number of carboxylic acid groups (broad SMARTS) is 1. The second-order valence-corrected chi connectivity index (χ2v) is 7.21. The first-order valence-electron chi connectivity index (χ1n) is 10.2. The number of nitrogens with zero attached hydrogens (tertiary/aromatic N) is 2. The van der Waals surface area contributed by atoms with Gasteiger partial charge in [0.15, 0.2) is 5.96 Å². The molecule has 0 radical (unpaired) electrons. The molecule has 0 saturated carbocycles. The summed E-state index contributed by atoms with van der Waals surface area (Å²) in [5.74, 6) is -2.50. The number of carbonyl (C=O) groups is 3. The molecule has 0 aromatic heterocycles. The molecule has 33 heavy (non-hydrogen) atoms. The van der Waals surface area contributed by atoms with Crippen molar-refractivity contribution >= 4 is 23.7 Å². The SMILES string of the molecule is N#Cc1ccccc1C[C@H](NC(=O)c1ccccc1)C(=O)N[C@@H](CCCN=C(N)N)C(=O)O. The second-order valence-electron chi connectivity index (χ2n) is 7.21. The molecule has 0 unspecified atom stereocenters. The van der Waals surface area contributed by atoms with Crippen molar-refractivity contribution in [1.82, 2.24) is 10.6 Å². The zero-order valence-corrected chi connectivity index (χ0v) is 17.9. The van der Waals surface area contributed by atoms with Crippen LogP contribution in [0.15, 0.2) is 59.6 Å². The van der Waals surface area contributed by atoms with Crippen LogP contribution in [0.5, 0.6) is 0 Å². The van der Waals surface area contributed by atoms with Gasteiger partial charge in [-0.2, -0.15) is 5.26 Å². The number of benzene rings is 2. The lowest BCUT2D eigenvalue weighted by Crippen LogP contribution is -2.52. The summed E-state index contributed by atoms with van der Waals surface area (Å²) < 4.78 is 0. The number of nitrogens with one attached hydrogen (secondary N) is 2. The molecule has 0 fully saturated rings. The minimum Gasteiger partial charge on any atom is -0.480 e. The summed E-state index contributed by atoms with van der Waals surface area (Å²) in [7, 11) is 0. The van der Waals surface area contributed by atoms with Crippen molar-refractivity contribution in [2.24, 2.45) is 16.5 Å². The Morgan fingerprint density at radius 1 is 1.00 bits per heavy atom. The van der Waals surface area contributed by atoms with Crippen LogP contribution in [0.1, 0.15) is 34.3 Å². The second kappa shape index (κ2) is 12.5. The van der Waals surface area contributed by atoms with Crippen molar-refractivity contribution in [2.75, 3.05) is 6.54 Å². The summed E-state index contributed by atoms with van der Waals surface area (Å²) in [6.45, 7) is 0.214. The van der Waals surface area contributed by atoms with Gasteiger partial charge in [0.2, 0.25) is 5.91 Å². The Bertz CT molecular complexity index is 1040. The predicted octanol–water partition coefficient (Wildman–Crippen LogP) is 0.522. The fourth-order valence-corrected chi connectivity index (χ4v) is 3.10. The highest BCUT2D eigenvalue weighted by molar-refractivity contribution is 5.98. The summed E-state index contributed by atoms with van der Waals surface area (Å²) in [5.41, 5.74) is 11.8. The molecule has 0 aliphatic rings. The summed E-state index contributed by atoms with van der Waals surface area (Å²) in [4.78, 5) is 41.2. The molecule has 7 N–H and O–H groups in total. The minimum absolute atomic E-state index is 0.00841. The Kier molecular flexibility index (Phi) is 9.39. The number of nitriles is 1. The van der Waals surface area contributed by atoms with Crippen molar-refractivity contribution in [2.45, 2.75) is 31.3 Å². The average Bonchev–Trinajstić information content (AvgIpc) is 2.80. The molecule has 0 saturated heterocycles. The molecule has 0 bridgehead atoms.